The third kappa shape index (κ3) is 4.13. The lowest BCUT2D eigenvalue weighted by atomic mass is 10.2. The van der Waals surface area contributed by atoms with Crippen molar-refractivity contribution in [1.82, 2.24) is 15.1 Å². The Balaban J connectivity index is 1.91. The van der Waals surface area contributed by atoms with Crippen molar-refractivity contribution in [3.8, 4) is 11.5 Å². The number of aromatic nitrogens is 2. The van der Waals surface area contributed by atoms with E-state index >= 15 is 0 Å². The van der Waals surface area contributed by atoms with E-state index in [1.54, 1.807) is 26.5 Å². The van der Waals surface area contributed by atoms with Crippen LogP contribution in [0.25, 0.3) is 0 Å². The Bertz CT molecular complexity index is 628. The molecule has 0 saturated heterocycles. The zero-order valence-electron chi connectivity index (χ0n) is 11.8. The summed E-state index contributed by atoms with van der Waals surface area (Å²) in [6.07, 6.45) is 3.08. The van der Waals surface area contributed by atoms with E-state index in [1.165, 1.54) is 10.9 Å². The summed E-state index contributed by atoms with van der Waals surface area (Å²) in [5.74, 6) is 1.13. The minimum absolute atomic E-state index is 0.125. The zero-order valence-corrected chi connectivity index (χ0v) is 12.6. The highest BCUT2D eigenvalue weighted by molar-refractivity contribution is 6.30. The SMILES string of the molecule is COc1ccc(CNC(=O)Cn2cc(Cl)cn2)cc1OC. The van der Waals surface area contributed by atoms with Crippen LogP contribution in [0, 0.1) is 0 Å². The Kier molecular flexibility index (Phi) is 5.05. The van der Waals surface area contributed by atoms with Gasteiger partial charge in [-0.3, -0.25) is 9.48 Å². The second-order valence-corrected chi connectivity index (χ2v) is 4.76. The fourth-order valence-electron chi connectivity index (χ4n) is 1.82. The van der Waals surface area contributed by atoms with Gasteiger partial charge >= 0.3 is 0 Å². The minimum Gasteiger partial charge on any atom is -0.493 e. The number of methoxy groups -OCH3 is 2. The highest BCUT2D eigenvalue weighted by Crippen LogP contribution is 2.27. The molecule has 0 spiro atoms. The second kappa shape index (κ2) is 6.99. The van der Waals surface area contributed by atoms with Crippen LogP contribution in [-0.4, -0.2) is 29.9 Å². The molecule has 1 N–H and O–H groups in total. The Morgan fingerprint density at radius 3 is 2.71 bits per heavy atom. The molecular weight excluding hydrogens is 294 g/mol. The van der Waals surface area contributed by atoms with Crippen molar-refractivity contribution >= 4 is 17.5 Å². The van der Waals surface area contributed by atoms with Crippen LogP contribution in [0.3, 0.4) is 0 Å². The van der Waals surface area contributed by atoms with Gasteiger partial charge in [0.05, 0.1) is 25.4 Å². The molecule has 21 heavy (non-hydrogen) atoms. The highest BCUT2D eigenvalue weighted by Gasteiger charge is 2.07. The lowest BCUT2D eigenvalue weighted by Crippen LogP contribution is -2.27. The van der Waals surface area contributed by atoms with Crippen LogP contribution in [0.15, 0.2) is 30.6 Å². The van der Waals surface area contributed by atoms with Gasteiger partial charge in [-0.1, -0.05) is 17.7 Å². The first-order valence-corrected chi connectivity index (χ1v) is 6.65. The molecule has 6 nitrogen and oxygen atoms in total. The van der Waals surface area contributed by atoms with Gasteiger partial charge in [0.2, 0.25) is 5.91 Å². The first kappa shape index (κ1) is 15.2. The van der Waals surface area contributed by atoms with Gasteiger partial charge in [-0.15, -0.1) is 0 Å². The summed E-state index contributed by atoms with van der Waals surface area (Å²) in [6, 6.07) is 5.49. The van der Waals surface area contributed by atoms with Crippen LogP contribution in [-0.2, 0) is 17.9 Å². The molecule has 0 saturated carbocycles. The van der Waals surface area contributed by atoms with E-state index in [1.807, 2.05) is 12.1 Å². The molecule has 112 valence electrons. The predicted octanol–water partition coefficient (Wildman–Crippen LogP) is 1.87. The Morgan fingerprint density at radius 2 is 2.10 bits per heavy atom. The Morgan fingerprint density at radius 1 is 1.33 bits per heavy atom. The predicted molar refractivity (Wildman–Crippen MR) is 78.6 cm³/mol. The zero-order chi connectivity index (χ0) is 15.2. The lowest BCUT2D eigenvalue weighted by Gasteiger charge is -2.10. The van der Waals surface area contributed by atoms with E-state index in [-0.39, 0.29) is 12.5 Å². The number of nitrogens with zero attached hydrogens (tertiary/aromatic N) is 2. The summed E-state index contributed by atoms with van der Waals surface area (Å²) in [5, 5.41) is 7.26. The quantitative estimate of drug-likeness (QED) is 0.884. The van der Waals surface area contributed by atoms with Gasteiger partial charge < -0.3 is 14.8 Å². The van der Waals surface area contributed by atoms with Gasteiger partial charge in [-0.25, -0.2) is 0 Å². The number of ether oxygens (including phenoxy) is 2. The second-order valence-electron chi connectivity index (χ2n) is 4.32. The van der Waals surface area contributed by atoms with Gasteiger partial charge in [0.15, 0.2) is 11.5 Å². The van der Waals surface area contributed by atoms with Gasteiger partial charge in [0.1, 0.15) is 6.54 Å². The van der Waals surface area contributed by atoms with Gasteiger partial charge in [-0.05, 0) is 17.7 Å². The number of amides is 1. The highest BCUT2D eigenvalue weighted by atomic mass is 35.5. The van der Waals surface area contributed by atoms with Crippen molar-refractivity contribution in [2.24, 2.45) is 0 Å². The molecule has 1 heterocycles. The van der Waals surface area contributed by atoms with Gasteiger partial charge in [-0.2, -0.15) is 5.10 Å². The van der Waals surface area contributed by atoms with Crippen LogP contribution in [0.4, 0.5) is 0 Å². The fraction of sp³-hybridized carbons (Fsp3) is 0.286. The fourth-order valence-corrected chi connectivity index (χ4v) is 1.98. The molecule has 7 heteroatoms. The average Bonchev–Trinajstić information content (AvgIpc) is 2.89. The van der Waals surface area contributed by atoms with E-state index in [0.29, 0.717) is 23.1 Å². The summed E-state index contributed by atoms with van der Waals surface area (Å²) in [7, 11) is 3.15. The van der Waals surface area contributed by atoms with E-state index in [9.17, 15) is 4.79 Å². The average molecular weight is 310 g/mol. The van der Waals surface area contributed by atoms with Crippen molar-refractivity contribution in [2.45, 2.75) is 13.1 Å². The molecule has 1 aromatic carbocycles. The van der Waals surface area contributed by atoms with Crippen LogP contribution in [0.1, 0.15) is 5.56 Å². The number of rotatable bonds is 6. The third-order valence-electron chi connectivity index (χ3n) is 2.84. The molecular formula is C14H16ClN3O3. The topological polar surface area (TPSA) is 65.4 Å². The van der Waals surface area contributed by atoms with E-state index in [0.717, 1.165) is 5.56 Å². The van der Waals surface area contributed by atoms with Gasteiger partial charge in [0.25, 0.3) is 0 Å². The number of carbonyl (C=O) groups is 1. The van der Waals surface area contributed by atoms with E-state index in [4.69, 9.17) is 21.1 Å². The summed E-state index contributed by atoms with van der Waals surface area (Å²) < 4.78 is 11.9. The summed E-state index contributed by atoms with van der Waals surface area (Å²) >= 11 is 5.74. The van der Waals surface area contributed by atoms with Crippen molar-refractivity contribution in [3.05, 3.63) is 41.2 Å². The number of carbonyl (C=O) groups excluding carboxylic acids is 1. The number of benzene rings is 1. The van der Waals surface area contributed by atoms with Crippen molar-refractivity contribution < 1.29 is 14.3 Å². The lowest BCUT2D eigenvalue weighted by molar-refractivity contribution is -0.122. The van der Waals surface area contributed by atoms with E-state index in [2.05, 4.69) is 10.4 Å². The maximum Gasteiger partial charge on any atom is 0.241 e. The maximum absolute atomic E-state index is 11.8. The number of hydrogen-bond donors (Lipinski definition) is 1. The molecule has 0 fully saturated rings. The van der Waals surface area contributed by atoms with Crippen LogP contribution >= 0.6 is 11.6 Å². The largest absolute Gasteiger partial charge is 0.493 e. The maximum atomic E-state index is 11.8. The molecule has 0 atom stereocenters. The van der Waals surface area contributed by atoms with Crippen LogP contribution in [0.2, 0.25) is 5.02 Å². The smallest absolute Gasteiger partial charge is 0.241 e. The van der Waals surface area contributed by atoms with E-state index < -0.39 is 0 Å². The Labute approximate surface area is 127 Å². The number of hydrogen-bond acceptors (Lipinski definition) is 4. The monoisotopic (exact) mass is 309 g/mol. The van der Waals surface area contributed by atoms with Crippen LogP contribution in [0.5, 0.6) is 11.5 Å². The molecule has 1 amide bonds. The molecule has 0 bridgehead atoms. The van der Waals surface area contributed by atoms with Crippen molar-refractivity contribution in [1.29, 1.82) is 0 Å². The normalized spacial score (nSPS) is 10.2. The van der Waals surface area contributed by atoms with Gasteiger partial charge in [0, 0.05) is 12.7 Å². The number of halogens is 1. The summed E-state index contributed by atoms with van der Waals surface area (Å²) in [4.78, 5) is 11.8. The van der Waals surface area contributed by atoms with Crippen molar-refractivity contribution in [2.75, 3.05) is 14.2 Å². The molecule has 1 aromatic heterocycles. The molecule has 0 unspecified atom stereocenters. The minimum atomic E-state index is -0.149. The molecule has 0 aliphatic heterocycles. The molecule has 0 aliphatic rings. The summed E-state index contributed by atoms with van der Waals surface area (Å²) in [6.45, 7) is 0.522. The first-order valence-electron chi connectivity index (χ1n) is 6.28. The number of nitrogens with one attached hydrogen (secondary N) is 1. The standard InChI is InChI=1S/C14H16ClN3O3/c1-20-12-4-3-10(5-13(12)21-2)6-16-14(19)9-18-8-11(15)7-17-18/h3-5,7-8H,6,9H2,1-2H3,(H,16,19). The molecule has 2 aromatic rings. The molecule has 2 rings (SSSR count). The first-order chi connectivity index (χ1) is 10.1. The molecule has 0 radical (unpaired) electrons. The van der Waals surface area contributed by atoms with Crippen molar-refractivity contribution in [3.63, 3.8) is 0 Å². The van der Waals surface area contributed by atoms with Crippen LogP contribution < -0.4 is 14.8 Å². The summed E-state index contributed by atoms with van der Waals surface area (Å²) in [5.41, 5.74) is 0.916. The Hall–Kier alpha value is -2.21. The molecule has 0 aliphatic carbocycles. The third-order valence-corrected chi connectivity index (χ3v) is 3.04.